The van der Waals surface area contributed by atoms with Gasteiger partial charge in [-0.1, -0.05) is 0 Å². The molecule has 0 spiro atoms. The predicted octanol–water partition coefficient (Wildman–Crippen LogP) is -1.97. The smallest absolute Gasteiger partial charge is 0.320 e. The van der Waals surface area contributed by atoms with Crippen molar-refractivity contribution in [1.29, 1.82) is 0 Å². The van der Waals surface area contributed by atoms with E-state index in [4.69, 9.17) is 20.7 Å². The number of ether oxygens (including phenoxy) is 1. The number of carboxylic acids is 3. The molecule has 10 nitrogen and oxygen atoms in total. The molecule has 0 aliphatic heterocycles. The Morgan fingerprint density at radius 1 is 1.17 bits per heavy atom. The van der Waals surface area contributed by atoms with Crippen molar-refractivity contribution in [2.24, 2.45) is 5.73 Å². The van der Waals surface area contributed by atoms with Crippen LogP contribution in [-0.2, 0) is 23.9 Å². The number of hydrogen-bond acceptors (Lipinski definition) is 7. The molecule has 0 aromatic heterocycles. The van der Waals surface area contributed by atoms with Gasteiger partial charge >= 0.3 is 17.9 Å². The lowest BCUT2D eigenvalue weighted by atomic mass is 10.2. The second-order valence-electron chi connectivity index (χ2n) is 6.16. The minimum absolute atomic E-state index is 0.0231. The first-order chi connectivity index (χ1) is 10.7. The van der Waals surface area contributed by atoms with Crippen molar-refractivity contribution in [3.63, 3.8) is 0 Å². The summed E-state index contributed by atoms with van der Waals surface area (Å²) in [6, 6.07) is -1.06. The van der Waals surface area contributed by atoms with Crippen LogP contribution in [0.4, 0.5) is 0 Å². The Morgan fingerprint density at radius 3 is 1.96 bits per heavy atom. The summed E-state index contributed by atoms with van der Waals surface area (Å²) < 4.78 is 5.39. The molecule has 0 heterocycles. The monoisotopic (exact) mass is 350 g/mol. The second kappa shape index (κ2) is 11.4. The van der Waals surface area contributed by atoms with Gasteiger partial charge in [-0.3, -0.25) is 14.4 Å². The summed E-state index contributed by atoms with van der Waals surface area (Å²) in [6.45, 7) is 1.71. The number of likely N-dealkylation sites (N-methyl/N-ethyl adjacent to an activating group) is 1. The summed E-state index contributed by atoms with van der Waals surface area (Å²) in [5.41, 5.74) is 5.00. The van der Waals surface area contributed by atoms with Crippen molar-refractivity contribution in [3.8, 4) is 0 Å². The first-order valence-electron chi connectivity index (χ1n) is 7.12. The Morgan fingerprint density at radius 2 is 1.67 bits per heavy atom. The largest absolute Gasteiger partial charge is 0.550 e. The van der Waals surface area contributed by atoms with Gasteiger partial charge in [-0.15, -0.1) is 0 Å². The van der Waals surface area contributed by atoms with Gasteiger partial charge in [-0.2, -0.15) is 0 Å². The van der Waals surface area contributed by atoms with E-state index in [1.807, 2.05) is 21.1 Å². The lowest BCUT2D eigenvalue weighted by Crippen LogP contribution is -2.45. The van der Waals surface area contributed by atoms with E-state index < -0.39 is 36.0 Å². The van der Waals surface area contributed by atoms with Gasteiger partial charge in [0.25, 0.3) is 0 Å². The van der Waals surface area contributed by atoms with Crippen molar-refractivity contribution in [1.82, 2.24) is 0 Å². The first kappa shape index (κ1) is 24.1. The van der Waals surface area contributed by atoms with Crippen LogP contribution in [0.2, 0.25) is 0 Å². The fourth-order valence-electron chi connectivity index (χ4n) is 1.58. The summed E-state index contributed by atoms with van der Waals surface area (Å²) in [6.07, 6.45) is -1.09. The predicted molar refractivity (Wildman–Crippen MR) is 80.6 cm³/mol. The average molecular weight is 350 g/mol. The molecular formula is C14H26N2O8. The molecule has 2 atom stereocenters. The highest BCUT2D eigenvalue weighted by Crippen LogP contribution is 2.04. The molecule has 0 unspecified atom stereocenters. The molecule has 0 radical (unpaired) electrons. The first-order valence-corrected chi connectivity index (χ1v) is 7.12. The average Bonchev–Trinajstić information content (AvgIpc) is 2.32. The van der Waals surface area contributed by atoms with Crippen LogP contribution in [0, 0.1) is 0 Å². The van der Waals surface area contributed by atoms with Gasteiger partial charge in [0.1, 0.15) is 12.6 Å². The van der Waals surface area contributed by atoms with Crippen LogP contribution in [0.5, 0.6) is 0 Å². The molecule has 4 N–H and O–H groups in total. The molecule has 0 bridgehead atoms. The number of aliphatic carboxylic acids is 3. The number of esters is 1. The number of nitrogens with two attached hydrogens (primary N) is 1. The Balaban J connectivity index is 0. The van der Waals surface area contributed by atoms with E-state index in [9.17, 15) is 24.3 Å². The van der Waals surface area contributed by atoms with Gasteiger partial charge in [-0.05, 0) is 6.42 Å². The molecule has 0 saturated carbocycles. The van der Waals surface area contributed by atoms with Crippen LogP contribution in [0.3, 0.4) is 0 Å². The van der Waals surface area contributed by atoms with E-state index in [-0.39, 0.29) is 19.3 Å². The Hall–Kier alpha value is -2.20. The summed E-state index contributed by atoms with van der Waals surface area (Å²) >= 11 is 0. The maximum atomic E-state index is 10.7. The van der Waals surface area contributed by atoms with E-state index in [0.717, 1.165) is 0 Å². The van der Waals surface area contributed by atoms with Gasteiger partial charge in [0, 0.05) is 25.7 Å². The molecule has 10 heteroatoms. The minimum Gasteiger partial charge on any atom is -0.550 e. The number of carbonyl (C=O) groups is 4. The van der Waals surface area contributed by atoms with Crippen LogP contribution in [0.15, 0.2) is 0 Å². The molecule has 0 aromatic carbocycles. The number of hydrogen-bond donors (Lipinski definition) is 3. The SMILES string of the molecule is CC(=O)O[C@H](CC(=O)[O-])C[N+](C)(C)C.N[C@@H](CCC(=O)O)C(=O)O. The topological polar surface area (TPSA) is 167 Å². The van der Waals surface area contributed by atoms with E-state index in [0.29, 0.717) is 11.0 Å². The van der Waals surface area contributed by atoms with Crippen LogP contribution in [-0.4, -0.2) is 78.4 Å². The van der Waals surface area contributed by atoms with Gasteiger partial charge in [0.05, 0.1) is 21.1 Å². The third-order valence-corrected chi connectivity index (χ3v) is 2.46. The third kappa shape index (κ3) is 17.9. The number of nitrogens with zero attached hydrogens (tertiary/aromatic N) is 1. The highest BCUT2D eigenvalue weighted by atomic mass is 16.5. The zero-order valence-corrected chi connectivity index (χ0v) is 14.4. The highest BCUT2D eigenvalue weighted by molar-refractivity contribution is 5.74. The second-order valence-corrected chi connectivity index (χ2v) is 6.16. The number of quaternary nitrogens is 1. The van der Waals surface area contributed by atoms with E-state index in [1.54, 1.807) is 0 Å². The molecule has 0 fully saturated rings. The summed E-state index contributed by atoms with van der Waals surface area (Å²) in [7, 11) is 5.68. The third-order valence-electron chi connectivity index (χ3n) is 2.46. The summed E-state index contributed by atoms with van der Waals surface area (Å²) in [4.78, 5) is 40.9. The van der Waals surface area contributed by atoms with Gasteiger partial charge < -0.3 is 35.1 Å². The van der Waals surface area contributed by atoms with Crippen molar-refractivity contribution in [2.45, 2.75) is 38.3 Å². The molecular weight excluding hydrogens is 324 g/mol. The van der Waals surface area contributed by atoms with Gasteiger partial charge in [-0.25, -0.2) is 0 Å². The standard InChI is InChI=1S/C9H17NO4.C5H9NO4/c1-7(11)14-8(5-9(12)13)6-10(2,3)4;6-3(5(9)10)1-2-4(7)8/h8H,5-6H2,1-4H3;3H,1-2,6H2,(H,7,8)(H,9,10)/t8-;3-/m10/s1. The van der Waals surface area contributed by atoms with Crippen LogP contribution < -0.4 is 10.8 Å². The number of rotatable bonds is 9. The molecule has 0 aliphatic carbocycles. The summed E-state index contributed by atoms with van der Waals surface area (Å²) in [5.74, 6) is -3.87. The lowest BCUT2D eigenvalue weighted by molar-refractivity contribution is -0.873. The maximum absolute atomic E-state index is 10.7. The molecule has 0 aliphatic rings. The fraction of sp³-hybridized carbons (Fsp3) is 0.714. The zero-order chi connectivity index (χ0) is 19.5. The Kier molecular flexibility index (Phi) is 11.4. The molecule has 0 amide bonds. The minimum atomic E-state index is -1.20. The lowest BCUT2D eigenvalue weighted by Gasteiger charge is -2.28. The van der Waals surface area contributed by atoms with Gasteiger partial charge in [0.2, 0.25) is 0 Å². The summed E-state index contributed by atoms with van der Waals surface area (Å²) in [5, 5.41) is 26.6. The Labute approximate surface area is 140 Å². The molecule has 140 valence electrons. The normalized spacial score (nSPS) is 13.0. The Bertz CT molecular complexity index is 429. The number of carbonyl (C=O) groups excluding carboxylic acids is 2. The van der Waals surface area contributed by atoms with Crippen molar-refractivity contribution >= 4 is 23.9 Å². The maximum Gasteiger partial charge on any atom is 0.320 e. The van der Waals surface area contributed by atoms with Crippen LogP contribution >= 0.6 is 0 Å². The van der Waals surface area contributed by atoms with Crippen LogP contribution in [0.1, 0.15) is 26.2 Å². The molecule has 0 saturated heterocycles. The highest BCUT2D eigenvalue weighted by Gasteiger charge is 2.20. The van der Waals surface area contributed by atoms with Crippen molar-refractivity contribution in [2.75, 3.05) is 27.7 Å². The fourth-order valence-corrected chi connectivity index (χ4v) is 1.58. The molecule has 0 aromatic rings. The van der Waals surface area contributed by atoms with Crippen molar-refractivity contribution in [3.05, 3.63) is 0 Å². The van der Waals surface area contributed by atoms with Gasteiger partial charge in [0.15, 0.2) is 6.10 Å². The quantitative estimate of drug-likeness (QED) is 0.315. The number of carboxylic acid groups (broad SMARTS) is 3. The van der Waals surface area contributed by atoms with Crippen LogP contribution in [0.25, 0.3) is 0 Å². The van der Waals surface area contributed by atoms with E-state index >= 15 is 0 Å². The van der Waals surface area contributed by atoms with E-state index in [1.165, 1.54) is 6.92 Å². The molecule has 0 rings (SSSR count). The molecule has 24 heavy (non-hydrogen) atoms. The van der Waals surface area contributed by atoms with E-state index in [2.05, 4.69) is 0 Å². The zero-order valence-electron chi connectivity index (χ0n) is 14.4. The van der Waals surface area contributed by atoms with Crippen molar-refractivity contribution < 1.29 is 43.7 Å².